The van der Waals surface area contributed by atoms with Gasteiger partial charge >= 0.3 is 6.03 Å². The van der Waals surface area contributed by atoms with Gasteiger partial charge in [0.2, 0.25) is 0 Å². The van der Waals surface area contributed by atoms with E-state index in [2.05, 4.69) is 10.4 Å². The van der Waals surface area contributed by atoms with E-state index in [1.54, 1.807) is 6.07 Å². The van der Waals surface area contributed by atoms with E-state index in [0.29, 0.717) is 10.7 Å². The van der Waals surface area contributed by atoms with Gasteiger partial charge in [-0.05, 0) is 37.6 Å². The molecule has 106 valence electrons. The molecule has 0 bridgehead atoms. The van der Waals surface area contributed by atoms with E-state index in [4.69, 9.17) is 11.6 Å². The third-order valence-corrected chi connectivity index (χ3v) is 3.79. The number of amides is 1. The summed E-state index contributed by atoms with van der Waals surface area (Å²) in [5, 5.41) is 8.69. The quantitative estimate of drug-likeness (QED) is 0.724. The van der Waals surface area contributed by atoms with Gasteiger partial charge < -0.3 is 5.32 Å². The number of nitrogens with zero attached hydrogens (tertiary/aromatic N) is 2. The van der Waals surface area contributed by atoms with E-state index >= 15 is 0 Å². The first kappa shape index (κ1) is 13.6. The molecule has 1 N–H and O–H groups in total. The minimum absolute atomic E-state index is 0.306. The minimum atomic E-state index is -0.306. The summed E-state index contributed by atoms with van der Waals surface area (Å²) in [7, 11) is 0. The molecule has 0 atom stereocenters. The van der Waals surface area contributed by atoms with Crippen LogP contribution < -0.4 is 5.32 Å². The Morgan fingerprint density at radius 1 is 1.19 bits per heavy atom. The van der Waals surface area contributed by atoms with Crippen LogP contribution in [0.4, 0.5) is 10.5 Å². The number of nitrogens with one attached hydrogen (secondary N) is 1. The van der Waals surface area contributed by atoms with Crippen LogP contribution >= 0.6 is 11.6 Å². The summed E-state index contributed by atoms with van der Waals surface area (Å²) in [5.74, 6) is 0. The molecule has 0 aliphatic carbocycles. The Bertz CT molecular complexity index is 839. The third-order valence-electron chi connectivity index (χ3n) is 3.39. The SMILES string of the molecule is Cc1ccc(NC(=O)n2nc(C)c3ccccc32)cc1Cl. The maximum Gasteiger partial charge on any atom is 0.347 e. The molecule has 0 unspecified atom stereocenters. The van der Waals surface area contributed by atoms with Gasteiger partial charge in [0.05, 0.1) is 11.2 Å². The molecule has 1 amide bonds. The second-order valence-electron chi connectivity index (χ2n) is 4.91. The van der Waals surface area contributed by atoms with Crippen molar-refractivity contribution in [2.24, 2.45) is 0 Å². The first-order valence-electron chi connectivity index (χ1n) is 6.58. The number of carbonyl (C=O) groups is 1. The molecule has 21 heavy (non-hydrogen) atoms. The van der Waals surface area contributed by atoms with Crippen molar-refractivity contribution in [1.82, 2.24) is 9.78 Å². The molecule has 0 radical (unpaired) electrons. The number of aromatic nitrogens is 2. The monoisotopic (exact) mass is 299 g/mol. The highest BCUT2D eigenvalue weighted by Crippen LogP contribution is 2.21. The van der Waals surface area contributed by atoms with Crippen LogP contribution in [0.5, 0.6) is 0 Å². The Morgan fingerprint density at radius 2 is 1.95 bits per heavy atom. The molecule has 0 saturated heterocycles. The van der Waals surface area contributed by atoms with Crippen LogP contribution in [0.15, 0.2) is 42.5 Å². The first-order chi connectivity index (χ1) is 10.1. The lowest BCUT2D eigenvalue weighted by atomic mass is 10.2. The summed E-state index contributed by atoms with van der Waals surface area (Å²) < 4.78 is 1.37. The van der Waals surface area contributed by atoms with E-state index < -0.39 is 0 Å². The number of hydrogen-bond donors (Lipinski definition) is 1. The summed E-state index contributed by atoms with van der Waals surface area (Å²) in [6.45, 7) is 3.80. The maximum absolute atomic E-state index is 12.4. The molecule has 3 rings (SSSR count). The van der Waals surface area contributed by atoms with Gasteiger partial charge in [0.25, 0.3) is 0 Å². The summed E-state index contributed by atoms with van der Waals surface area (Å²) in [6.07, 6.45) is 0. The molecule has 0 fully saturated rings. The van der Waals surface area contributed by atoms with Crippen LogP contribution in [0, 0.1) is 13.8 Å². The summed E-state index contributed by atoms with van der Waals surface area (Å²) in [6, 6.07) is 12.7. The summed E-state index contributed by atoms with van der Waals surface area (Å²) in [5.41, 5.74) is 3.22. The first-order valence-corrected chi connectivity index (χ1v) is 6.96. The van der Waals surface area contributed by atoms with Crippen LogP contribution in [0.1, 0.15) is 11.3 Å². The number of fused-ring (bicyclic) bond motifs is 1. The zero-order chi connectivity index (χ0) is 15.0. The van der Waals surface area contributed by atoms with Crippen molar-refractivity contribution in [3.63, 3.8) is 0 Å². The number of anilines is 1. The molecule has 1 aromatic heterocycles. The molecular formula is C16H14ClN3O. The molecule has 3 aromatic rings. The lowest BCUT2D eigenvalue weighted by molar-refractivity contribution is 0.251. The molecule has 0 spiro atoms. The van der Waals surface area contributed by atoms with Crippen molar-refractivity contribution in [2.75, 3.05) is 5.32 Å². The van der Waals surface area contributed by atoms with E-state index in [1.807, 2.05) is 50.2 Å². The lowest BCUT2D eigenvalue weighted by Crippen LogP contribution is -2.20. The second kappa shape index (κ2) is 5.22. The van der Waals surface area contributed by atoms with E-state index in [9.17, 15) is 4.79 Å². The number of hydrogen-bond acceptors (Lipinski definition) is 2. The Morgan fingerprint density at radius 3 is 2.71 bits per heavy atom. The van der Waals surface area contributed by atoms with Crippen LogP contribution in [-0.4, -0.2) is 15.8 Å². The number of rotatable bonds is 1. The number of aryl methyl sites for hydroxylation is 2. The van der Waals surface area contributed by atoms with Crippen LogP contribution in [0.2, 0.25) is 5.02 Å². The van der Waals surface area contributed by atoms with Gasteiger partial charge in [0.1, 0.15) is 0 Å². The Kier molecular flexibility index (Phi) is 3.39. The molecule has 4 nitrogen and oxygen atoms in total. The van der Waals surface area contributed by atoms with Crippen molar-refractivity contribution in [3.05, 3.63) is 58.7 Å². The zero-order valence-electron chi connectivity index (χ0n) is 11.7. The fraction of sp³-hybridized carbons (Fsp3) is 0.125. The van der Waals surface area contributed by atoms with Gasteiger partial charge in [-0.3, -0.25) is 0 Å². The van der Waals surface area contributed by atoms with Crippen LogP contribution in [-0.2, 0) is 0 Å². The smallest absolute Gasteiger partial charge is 0.306 e. The predicted molar refractivity (Wildman–Crippen MR) is 85.1 cm³/mol. The summed E-state index contributed by atoms with van der Waals surface area (Å²) >= 11 is 6.07. The molecule has 0 saturated carbocycles. The van der Waals surface area contributed by atoms with Crippen molar-refractivity contribution in [3.8, 4) is 0 Å². The largest absolute Gasteiger partial charge is 0.347 e. The van der Waals surface area contributed by atoms with Crippen molar-refractivity contribution in [1.29, 1.82) is 0 Å². The predicted octanol–water partition coefficient (Wildman–Crippen LogP) is 4.39. The Balaban J connectivity index is 1.95. The van der Waals surface area contributed by atoms with Crippen molar-refractivity contribution < 1.29 is 4.79 Å². The van der Waals surface area contributed by atoms with E-state index in [-0.39, 0.29) is 6.03 Å². The van der Waals surface area contributed by atoms with Gasteiger partial charge in [-0.25, -0.2) is 4.79 Å². The van der Waals surface area contributed by atoms with Crippen LogP contribution in [0.25, 0.3) is 10.9 Å². The Hall–Kier alpha value is -2.33. The van der Waals surface area contributed by atoms with Crippen LogP contribution in [0.3, 0.4) is 0 Å². The zero-order valence-corrected chi connectivity index (χ0v) is 12.5. The fourth-order valence-corrected chi connectivity index (χ4v) is 2.40. The topological polar surface area (TPSA) is 46.9 Å². The number of halogens is 1. The second-order valence-corrected chi connectivity index (χ2v) is 5.32. The van der Waals surface area contributed by atoms with Gasteiger partial charge in [-0.15, -0.1) is 0 Å². The van der Waals surface area contributed by atoms with Gasteiger partial charge in [0, 0.05) is 16.1 Å². The minimum Gasteiger partial charge on any atom is -0.306 e. The van der Waals surface area contributed by atoms with E-state index in [1.165, 1.54) is 4.68 Å². The van der Waals surface area contributed by atoms with Crippen molar-refractivity contribution >= 4 is 34.2 Å². The highest BCUT2D eigenvalue weighted by molar-refractivity contribution is 6.31. The number of carbonyl (C=O) groups excluding carboxylic acids is 1. The third kappa shape index (κ3) is 2.50. The van der Waals surface area contributed by atoms with Crippen molar-refractivity contribution in [2.45, 2.75) is 13.8 Å². The number of para-hydroxylation sites is 1. The summed E-state index contributed by atoms with van der Waals surface area (Å²) in [4.78, 5) is 12.4. The molecule has 0 aliphatic heterocycles. The molecule has 5 heteroatoms. The maximum atomic E-state index is 12.4. The van der Waals surface area contributed by atoms with Gasteiger partial charge in [0.15, 0.2) is 0 Å². The molecule has 1 heterocycles. The highest BCUT2D eigenvalue weighted by atomic mass is 35.5. The highest BCUT2D eigenvalue weighted by Gasteiger charge is 2.13. The Labute approximate surface area is 127 Å². The molecule has 2 aromatic carbocycles. The van der Waals surface area contributed by atoms with Gasteiger partial charge in [-0.1, -0.05) is 35.9 Å². The number of benzene rings is 2. The average molecular weight is 300 g/mol. The standard InChI is InChI=1S/C16H14ClN3O/c1-10-7-8-12(9-14(10)17)18-16(21)20-15-6-4-3-5-13(15)11(2)19-20/h3-9H,1-2H3,(H,18,21). The fourth-order valence-electron chi connectivity index (χ4n) is 2.22. The average Bonchev–Trinajstić information content (AvgIpc) is 2.81. The lowest BCUT2D eigenvalue weighted by Gasteiger charge is -2.07. The van der Waals surface area contributed by atoms with Gasteiger partial charge in [-0.2, -0.15) is 9.78 Å². The normalized spacial score (nSPS) is 10.8. The molecule has 0 aliphatic rings. The molecular weight excluding hydrogens is 286 g/mol. The van der Waals surface area contributed by atoms with E-state index in [0.717, 1.165) is 22.2 Å².